The van der Waals surface area contributed by atoms with Crippen LogP contribution in [0.2, 0.25) is 0 Å². The number of aromatic nitrogens is 2. The predicted octanol–water partition coefficient (Wildman–Crippen LogP) is 4.77. The smallest absolute Gasteiger partial charge is 0.255 e. The monoisotopic (exact) mass is 383 g/mol. The van der Waals surface area contributed by atoms with Crippen molar-refractivity contribution in [3.8, 4) is 17.4 Å². The minimum absolute atomic E-state index is 0.216. The van der Waals surface area contributed by atoms with E-state index in [0.717, 1.165) is 28.0 Å². The number of amides is 1. The van der Waals surface area contributed by atoms with Crippen LogP contribution in [-0.2, 0) is 4.79 Å². The fourth-order valence-electron chi connectivity index (χ4n) is 3.23. The molecule has 6 heteroatoms. The largest absolute Gasteiger partial charge is 0.488 e. The third-order valence-corrected chi connectivity index (χ3v) is 4.69. The van der Waals surface area contributed by atoms with Gasteiger partial charge in [-0.1, -0.05) is 24.3 Å². The number of nitrogens with one attached hydrogen (secondary N) is 2. The van der Waals surface area contributed by atoms with E-state index in [1.807, 2.05) is 60.8 Å². The van der Waals surface area contributed by atoms with E-state index < -0.39 is 0 Å². The number of hydrogen-bond acceptors (Lipinski definition) is 4. The number of rotatable bonds is 4. The van der Waals surface area contributed by atoms with Crippen LogP contribution in [0.1, 0.15) is 5.56 Å². The lowest BCUT2D eigenvalue weighted by Crippen LogP contribution is -2.21. The number of hydrogen-bond donors (Lipinski definition) is 2. The van der Waals surface area contributed by atoms with Gasteiger partial charge in [0.15, 0.2) is 0 Å². The number of pyridine rings is 1. The average Bonchev–Trinajstić information content (AvgIpc) is 3.25. The number of H-pyrrole nitrogens is 1. The van der Waals surface area contributed by atoms with E-state index in [1.165, 1.54) is 0 Å². The average molecular weight is 383 g/mol. The van der Waals surface area contributed by atoms with Gasteiger partial charge in [-0.15, -0.1) is 0 Å². The highest BCUT2D eigenvalue weighted by atomic mass is 16.5. The zero-order chi connectivity index (χ0) is 19.6. The van der Waals surface area contributed by atoms with E-state index >= 15 is 0 Å². The van der Waals surface area contributed by atoms with E-state index in [-0.39, 0.29) is 12.5 Å². The maximum Gasteiger partial charge on any atom is 0.255 e. The summed E-state index contributed by atoms with van der Waals surface area (Å²) in [6.45, 7) is 0.234. The number of nitrogens with zero attached hydrogens (tertiary/aromatic N) is 1. The summed E-state index contributed by atoms with van der Waals surface area (Å²) in [6, 6.07) is 18.9. The molecule has 6 nitrogen and oxygen atoms in total. The van der Waals surface area contributed by atoms with Crippen LogP contribution in [0.15, 0.2) is 78.6 Å². The first-order valence-electron chi connectivity index (χ1n) is 9.20. The molecule has 5 rings (SSSR count). The number of carbonyl (C=O) groups is 1. The second kappa shape index (κ2) is 7.16. The molecule has 1 aliphatic rings. The van der Waals surface area contributed by atoms with Crippen LogP contribution >= 0.6 is 0 Å². The Morgan fingerprint density at radius 1 is 1.07 bits per heavy atom. The summed E-state index contributed by atoms with van der Waals surface area (Å²) in [6.07, 6.45) is 5.28. The molecular formula is C23H17N3O3. The number of fused-ring (bicyclic) bond motifs is 2. The number of aromatic amines is 1. The van der Waals surface area contributed by atoms with Crippen molar-refractivity contribution in [2.45, 2.75) is 0 Å². The van der Waals surface area contributed by atoms with Crippen molar-refractivity contribution >= 4 is 28.6 Å². The third-order valence-electron chi connectivity index (χ3n) is 4.69. The summed E-state index contributed by atoms with van der Waals surface area (Å²) in [4.78, 5) is 20.0. The molecule has 0 atom stereocenters. The Kier molecular flexibility index (Phi) is 4.22. The Morgan fingerprint density at radius 2 is 2.00 bits per heavy atom. The first kappa shape index (κ1) is 17.1. The molecule has 0 unspecified atom stereocenters. The van der Waals surface area contributed by atoms with Gasteiger partial charge in [0.1, 0.15) is 18.1 Å². The summed E-state index contributed by atoms with van der Waals surface area (Å²) in [5.41, 5.74) is 3.03. The van der Waals surface area contributed by atoms with Crippen molar-refractivity contribution in [2.24, 2.45) is 0 Å². The molecule has 1 aliphatic heterocycles. The van der Waals surface area contributed by atoms with Gasteiger partial charge in [-0.2, -0.15) is 0 Å². The number of para-hydroxylation sites is 1. The molecule has 142 valence electrons. The molecule has 29 heavy (non-hydrogen) atoms. The number of ether oxygens (including phenoxy) is 2. The van der Waals surface area contributed by atoms with Crippen molar-refractivity contribution in [2.75, 3.05) is 11.9 Å². The molecule has 0 spiro atoms. The lowest BCUT2D eigenvalue weighted by Gasteiger charge is -2.17. The van der Waals surface area contributed by atoms with Gasteiger partial charge in [0.25, 0.3) is 5.91 Å². The lowest BCUT2D eigenvalue weighted by atomic mass is 10.1. The quantitative estimate of drug-likeness (QED) is 0.532. The van der Waals surface area contributed by atoms with E-state index in [4.69, 9.17) is 9.47 Å². The van der Waals surface area contributed by atoms with Crippen LogP contribution in [0.5, 0.6) is 17.4 Å². The molecule has 0 aliphatic carbocycles. The highest BCUT2D eigenvalue weighted by molar-refractivity contribution is 6.07. The van der Waals surface area contributed by atoms with Gasteiger partial charge in [-0.25, -0.2) is 4.98 Å². The maximum absolute atomic E-state index is 12.5. The first-order chi connectivity index (χ1) is 14.3. The van der Waals surface area contributed by atoms with Crippen molar-refractivity contribution in [1.82, 2.24) is 9.97 Å². The maximum atomic E-state index is 12.5. The van der Waals surface area contributed by atoms with Crippen molar-refractivity contribution < 1.29 is 14.3 Å². The Bertz CT molecular complexity index is 1230. The van der Waals surface area contributed by atoms with Gasteiger partial charge in [-0.05, 0) is 36.4 Å². The van der Waals surface area contributed by atoms with Gasteiger partial charge in [0.05, 0.1) is 17.5 Å². The molecule has 2 N–H and O–H groups in total. The number of anilines is 1. The molecule has 2 aromatic carbocycles. The minimum atomic E-state index is -0.216. The number of benzene rings is 2. The van der Waals surface area contributed by atoms with Gasteiger partial charge in [-0.3, -0.25) is 4.79 Å². The molecule has 0 radical (unpaired) electrons. The summed E-state index contributed by atoms with van der Waals surface area (Å²) in [5, 5.41) is 3.83. The van der Waals surface area contributed by atoms with Crippen molar-refractivity contribution in [3.05, 3.63) is 84.2 Å². The van der Waals surface area contributed by atoms with Crippen LogP contribution < -0.4 is 14.8 Å². The Morgan fingerprint density at radius 3 is 2.90 bits per heavy atom. The molecule has 0 saturated carbocycles. The summed E-state index contributed by atoms with van der Waals surface area (Å²) in [5.74, 6) is 1.73. The molecule has 2 aromatic heterocycles. The Hall–Kier alpha value is -4.06. The lowest BCUT2D eigenvalue weighted by molar-refractivity contribution is -0.113. The van der Waals surface area contributed by atoms with Crippen LogP contribution in [0.4, 0.5) is 5.69 Å². The predicted molar refractivity (Wildman–Crippen MR) is 111 cm³/mol. The summed E-state index contributed by atoms with van der Waals surface area (Å²) in [7, 11) is 0. The van der Waals surface area contributed by atoms with Gasteiger partial charge >= 0.3 is 0 Å². The first-order valence-corrected chi connectivity index (χ1v) is 9.20. The van der Waals surface area contributed by atoms with Gasteiger partial charge in [0.2, 0.25) is 5.88 Å². The molecular weight excluding hydrogens is 366 g/mol. The van der Waals surface area contributed by atoms with Crippen LogP contribution in [-0.4, -0.2) is 22.5 Å². The van der Waals surface area contributed by atoms with Gasteiger partial charge < -0.3 is 19.8 Å². The van der Waals surface area contributed by atoms with E-state index in [0.29, 0.717) is 17.1 Å². The molecule has 4 aromatic rings. The highest BCUT2D eigenvalue weighted by Gasteiger charge is 2.17. The SMILES string of the molecule is O=C(Nc1ccc(Oc2cccc3[nH]ccc23)nc1)C1=Cc2ccccc2OC1. The second-order valence-electron chi connectivity index (χ2n) is 6.63. The summed E-state index contributed by atoms with van der Waals surface area (Å²) < 4.78 is 11.5. The second-order valence-corrected chi connectivity index (χ2v) is 6.63. The van der Waals surface area contributed by atoms with Gasteiger partial charge in [0, 0.05) is 28.7 Å². The fourth-order valence-corrected chi connectivity index (χ4v) is 3.23. The third kappa shape index (κ3) is 3.43. The molecule has 0 bridgehead atoms. The Labute approximate surface area is 166 Å². The summed E-state index contributed by atoms with van der Waals surface area (Å²) >= 11 is 0. The molecule has 0 saturated heterocycles. The normalized spacial score (nSPS) is 12.6. The van der Waals surface area contributed by atoms with E-state index in [1.54, 1.807) is 18.3 Å². The fraction of sp³-hybridized carbons (Fsp3) is 0.0435. The molecule has 3 heterocycles. The molecule has 0 fully saturated rings. The van der Waals surface area contributed by atoms with Crippen LogP contribution in [0.3, 0.4) is 0 Å². The number of carbonyl (C=O) groups excluding carboxylic acids is 1. The topological polar surface area (TPSA) is 76.2 Å². The van der Waals surface area contributed by atoms with E-state index in [2.05, 4.69) is 15.3 Å². The zero-order valence-electron chi connectivity index (χ0n) is 15.4. The van der Waals surface area contributed by atoms with Crippen molar-refractivity contribution in [1.29, 1.82) is 0 Å². The van der Waals surface area contributed by atoms with Crippen LogP contribution in [0.25, 0.3) is 17.0 Å². The van der Waals surface area contributed by atoms with Crippen LogP contribution in [0, 0.1) is 0 Å². The van der Waals surface area contributed by atoms with Crippen molar-refractivity contribution in [3.63, 3.8) is 0 Å². The Balaban J connectivity index is 1.29. The standard InChI is InChI=1S/C23H17N3O3/c27-23(16-12-15-4-1-2-6-20(15)28-14-16)26-17-8-9-22(25-13-17)29-21-7-3-5-19-18(21)10-11-24-19/h1-13,24H,14H2,(H,26,27). The van der Waals surface area contributed by atoms with E-state index in [9.17, 15) is 4.79 Å². The minimum Gasteiger partial charge on any atom is -0.488 e. The molecule has 1 amide bonds. The highest BCUT2D eigenvalue weighted by Crippen LogP contribution is 2.29. The zero-order valence-corrected chi connectivity index (χ0v) is 15.4.